The average molecular weight is 240 g/mol. The first-order chi connectivity index (χ1) is 8.13. The first kappa shape index (κ1) is 15.0. The van der Waals surface area contributed by atoms with Gasteiger partial charge >= 0.3 is 0 Å². The molecule has 0 aromatic carbocycles. The Morgan fingerprint density at radius 2 is 2.00 bits per heavy atom. The fourth-order valence-corrected chi connectivity index (χ4v) is 2.81. The van der Waals surface area contributed by atoms with Crippen LogP contribution in [0.2, 0.25) is 0 Å². The Balaban J connectivity index is 2.22. The maximum atomic E-state index is 6.12. The van der Waals surface area contributed by atoms with Crippen LogP contribution < -0.4 is 5.73 Å². The first-order valence-corrected chi connectivity index (χ1v) is 7.61. The minimum Gasteiger partial charge on any atom is -0.327 e. The van der Waals surface area contributed by atoms with Gasteiger partial charge in [-0.15, -0.1) is 0 Å². The number of hydrogen-bond acceptors (Lipinski definition) is 2. The van der Waals surface area contributed by atoms with Crippen molar-refractivity contribution >= 4 is 0 Å². The summed E-state index contributed by atoms with van der Waals surface area (Å²) in [6, 6.07) is 0.379. The van der Waals surface area contributed by atoms with E-state index in [1.807, 2.05) is 0 Å². The van der Waals surface area contributed by atoms with Gasteiger partial charge in [-0.2, -0.15) is 0 Å². The third-order valence-corrected chi connectivity index (χ3v) is 4.27. The summed E-state index contributed by atoms with van der Waals surface area (Å²) in [4.78, 5) is 2.64. The van der Waals surface area contributed by atoms with Crippen LogP contribution in [0.15, 0.2) is 0 Å². The van der Waals surface area contributed by atoms with Crippen LogP contribution in [-0.2, 0) is 0 Å². The normalized spacial score (nSPS) is 24.9. The Morgan fingerprint density at radius 1 is 1.24 bits per heavy atom. The van der Waals surface area contributed by atoms with Crippen LogP contribution >= 0.6 is 0 Å². The Kier molecular flexibility index (Phi) is 7.14. The van der Waals surface area contributed by atoms with E-state index in [4.69, 9.17) is 5.73 Å². The predicted molar refractivity (Wildman–Crippen MR) is 76.1 cm³/mol. The van der Waals surface area contributed by atoms with E-state index in [-0.39, 0.29) is 0 Å². The van der Waals surface area contributed by atoms with Crippen LogP contribution in [0.3, 0.4) is 0 Å². The van der Waals surface area contributed by atoms with E-state index in [2.05, 4.69) is 25.7 Å². The zero-order valence-corrected chi connectivity index (χ0v) is 12.1. The molecule has 1 rings (SSSR count). The van der Waals surface area contributed by atoms with Crippen LogP contribution in [0.25, 0.3) is 0 Å². The van der Waals surface area contributed by atoms with Gasteiger partial charge in [0.25, 0.3) is 0 Å². The number of hydrogen-bond donors (Lipinski definition) is 1. The molecule has 2 unspecified atom stereocenters. The summed E-state index contributed by atoms with van der Waals surface area (Å²) < 4.78 is 0. The second-order valence-electron chi connectivity index (χ2n) is 6.12. The predicted octanol–water partition coefficient (Wildman–Crippen LogP) is 3.26. The Hall–Kier alpha value is -0.0800. The minimum absolute atomic E-state index is 0.379. The molecule has 0 aliphatic carbocycles. The quantitative estimate of drug-likeness (QED) is 0.772. The van der Waals surface area contributed by atoms with Crippen molar-refractivity contribution in [1.82, 2.24) is 4.90 Å². The van der Waals surface area contributed by atoms with E-state index in [9.17, 15) is 0 Å². The SMILES string of the molecule is CCCC1CCCN(CCC(N)C(C)C)CC1. The third-order valence-electron chi connectivity index (χ3n) is 4.27. The van der Waals surface area contributed by atoms with Crippen LogP contribution in [-0.4, -0.2) is 30.6 Å². The van der Waals surface area contributed by atoms with Gasteiger partial charge in [-0.3, -0.25) is 0 Å². The zero-order chi connectivity index (χ0) is 12.7. The van der Waals surface area contributed by atoms with Gasteiger partial charge in [-0.05, 0) is 57.2 Å². The molecule has 0 amide bonds. The molecule has 0 aromatic rings. The highest BCUT2D eigenvalue weighted by atomic mass is 15.1. The monoisotopic (exact) mass is 240 g/mol. The molecule has 2 heteroatoms. The van der Waals surface area contributed by atoms with Crippen molar-refractivity contribution in [2.45, 2.75) is 65.3 Å². The summed E-state index contributed by atoms with van der Waals surface area (Å²) in [5.41, 5.74) is 6.12. The fourth-order valence-electron chi connectivity index (χ4n) is 2.81. The Morgan fingerprint density at radius 3 is 2.65 bits per heavy atom. The van der Waals surface area contributed by atoms with E-state index in [0.717, 1.165) is 12.3 Å². The van der Waals surface area contributed by atoms with E-state index >= 15 is 0 Å². The molecule has 1 fully saturated rings. The molecule has 0 spiro atoms. The van der Waals surface area contributed by atoms with Gasteiger partial charge in [0.1, 0.15) is 0 Å². The number of nitrogens with two attached hydrogens (primary N) is 1. The summed E-state index contributed by atoms with van der Waals surface area (Å²) in [5.74, 6) is 1.61. The van der Waals surface area contributed by atoms with Gasteiger partial charge in [-0.25, -0.2) is 0 Å². The lowest BCUT2D eigenvalue weighted by molar-refractivity contribution is 0.259. The molecule has 0 bridgehead atoms. The van der Waals surface area contributed by atoms with E-state index < -0.39 is 0 Å². The van der Waals surface area contributed by atoms with Gasteiger partial charge in [0.05, 0.1) is 0 Å². The highest BCUT2D eigenvalue weighted by Gasteiger charge is 2.17. The van der Waals surface area contributed by atoms with E-state index in [0.29, 0.717) is 12.0 Å². The lowest BCUT2D eigenvalue weighted by Gasteiger charge is -2.23. The summed E-state index contributed by atoms with van der Waals surface area (Å²) >= 11 is 0. The van der Waals surface area contributed by atoms with Crippen molar-refractivity contribution in [1.29, 1.82) is 0 Å². The van der Waals surface area contributed by atoms with Crippen LogP contribution in [0.4, 0.5) is 0 Å². The van der Waals surface area contributed by atoms with Crippen LogP contribution in [0.1, 0.15) is 59.3 Å². The van der Waals surface area contributed by atoms with Gasteiger partial charge < -0.3 is 10.6 Å². The molecular weight excluding hydrogens is 208 g/mol. The molecule has 1 heterocycles. The maximum Gasteiger partial charge on any atom is 0.00740 e. The van der Waals surface area contributed by atoms with Crippen molar-refractivity contribution in [2.24, 2.45) is 17.6 Å². The standard InChI is InChI=1S/C15H32N2/c1-4-6-14-7-5-10-17(11-8-14)12-9-15(16)13(2)3/h13-15H,4-12,16H2,1-3H3. The molecular formula is C15H32N2. The molecule has 0 aromatic heterocycles. The lowest BCUT2D eigenvalue weighted by atomic mass is 9.96. The van der Waals surface area contributed by atoms with Crippen LogP contribution in [0.5, 0.6) is 0 Å². The van der Waals surface area contributed by atoms with Crippen molar-refractivity contribution in [3.63, 3.8) is 0 Å². The fraction of sp³-hybridized carbons (Fsp3) is 1.00. The number of rotatable bonds is 6. The number of likely N-dealkylation sites (tertiary alicyclic amines) is 1. The average Bonchev–Trinajstić information content (AvgIpc) is 2.52. The third kappa shape index (κ3) is 5.87. The van der Waals surface area contributed by atoms with Crippen molar-refractivity contribution < 1.29 is 0 Å². The molecule has 0 saturated carbocycles. The minimum atomic E-state index is 0.379. The lowest BCUT2D eigenvalue weighted by Crippen LogP contribution is -2.34. The molecule has 1 aliphatic heterocycles. The molecule has 17 heavy (non-hydrogen) atoms. The van der Waals surface area contributed by atoms with Crippen molar-refractivity contribution in [3.8, 4) is 0 Å². The highest BCUT2D eigenvalue weighted by molar-refractivity contribution is 4.73. The summed E-state index contributed by atoms with van der Waals surface area (Å²) in [5, 5.41) is 0. The van der Waals surface area contributed by atoms with Gasteiger partial charge in [0.15, 0.2) is 0 Å². The summed E-state index contributed by atoms with van der Waals surface area (Å²) in [6.45, 7) is 10.6. The summed E-state index contributed by atoms with van der Waals surface area (Å²) in [7, 11) is 0. The molecule has 1 aliphatic rings. The van der Waals surface area contributed by atoms with Gasteiger partial charge in [0.2, 0.25) is 0 Å². The Labute approximate surface area is 108 Å². The van der Waals surface area contributed by atoms with Crippen LogP contribution in [0, 0.1) is 11.8 Å². The molecule has 102 valence electrons. The largest absolute Gasteiger partial charge is 0.327 e. The van der Waals surface area contributed by atoms with Crippen molar-refractivity contribution in [2.75, 3.05) is 19.6 Å². The van der Waals surface area contributed by atoms with E-state index in [1.54, 1.807) is 0 Å². The molecule has 0 radical (unpaired) electrons. The molecule has 2 atom stereocenters. The number of nitrogens with zero attached hydrogens (tertiary/aromatic N) is 1. The van der Waals surface area contributed by atoms with E-state index in [1.165, 1.54) is 51.7 Å². The van der Waals surface area contributed by atoms with Gasteiger partial charge in [0, 0.05) is 6.04 Å². The Bertz CT molecular complexity index is 191. The van der Waals surface area contributed by atoms with Crippen molar-refractivity contribution in [3.05, 3.63) is 0 Å². The topological polar surface area (TPSA) is 29.3 Å². The highest BCUT2D eigenvalue weighted by Crippen LogP contribution is 2.22. The van der Waals surface area contributed by atoms with Gasteiger partial charge in [-0.1, -0.05) is 33.6 Å². The molecule has 2 nitrogen and oxygen atoms in total. The molecule has 1 saturated heterocycles. The maximum absolute atomic E-state index is 6.12. The second-order valence-corrected chi connectivity index (χ2v) is 6.12. The smallest absolute Gasteiger partial charge is 0.00740 e. The summed E-state index contributed by atoms with van der Waals surface area (Å²) in [6.07, 6.45) is 8.19. The molecule has 2 N–H and O–H groups in total. The zero-order valence-electron chi connectivity index (χ0n) is 12.1. The first-order valence-electron chi connectivity index (χ1n) is 7.61. The second kappa shape index (κ2) is 8.10.